The summed E-state index contributed by atoms with van der Waals surface area (Å²) in [5.74, 6) is 0.255. The Morgan fingerprint density at radius 2 is 2.14 bits per heavy atom. The number of fused-ring (bicyclic) bond motifs is 1. The summed E-state index contributed by atoms with van der Waals surface area (Å²) in [7, 11) is 1.50. The van der Waals surface area contributed by atoms with Gasteiger partial charge in [0.25, 0.3) is 5.91 Å². The zero-order valence-corrected chi connectivity index (χ0v) is 17.8. The molecule has 5 nitrogen and oxygen atoms in total. The molecular formula is C21H24ClNO4S. The van der Waals surface area contributed by atoms with E-state index in [4.69, 9.17) is 21.1 Å². The molecule has 0 saturated heterocycles. The molecule has 1 aliphatic carbocycles. The number of methoxy groups -OCH3 is 1. The monoisotopic (exact) mass is 421 g/mol. The molecule has 1 aromatic carbocycles. The summed E-state index contributed by atoms with van der Waals surface area (Å²) in [4.78, 5) is 26.8. The van der Waals surface area contributed by atoms with Gasteiger partial charge in [-0.1, -0.05) is 24.9 Å². The molecule has 0 fully saturated rings. The molecule has 0 radical (unpaired) electrons. The highest BCUT2D eigenvalue weighted by molar-refractivity contribution is 7.14. The molecule has 3 rings (SSSR count). The van der Waals surface area contributed by atoms with Crippen LogP contribution in [0.25, 0.3) is 0 Å². The van der Waals surface area contributed by atoms with Crippen molar-refractivity contribution in [1.82, 2.24) is 0 Å². The highest BCUT2D eigenvalue weighted by Crippen LogP contribution is 2.34. The topological polar surface area (TPSA) is 64.6 Å². The first-order valence-corrected chi connectivity index (χ1v) is 10.6. The fourth-order valence-electron chi connectivity index (χ4n) is 3.33. The molecule has 7 heteroatoms. The molecule has 0 bridgehead atoms. The summed E-state index contributed by atoms with van der Waals surface area (Å²) in [6.45, 7) is 3.75. The van der Waals surface area contributed by atoms with Gasteiger partial charge < -0.3 is 14.8 Å². The number of halogens is 1. The number of anilines is 1. The fourth-order valence-corrected chi connectivity index (χ4v) is 4.60. The second-order valence-corrected chi connectivity index (χ2v) is 8.53. The molecule has 150 valence electrons. The van der Waals surface area contributed by atoms with Crippen molar-refractivity contribution in [1.29, 1.82) is 0 Å². The van der Waals surface area contributed by atoms with E-state index in [2.05, 4.69) is 12.2 Å². The Kier molecular flexibility index (Phi) is 6.62. The minimum atomic E-state index is -0.946. The maximum atomic E-state index is 12.5. The predicted molar refractivity (Wildman–Crippen MR) is 112 cm³/mol. The molecule has 1 heterocycles. The van der Waals surface area contributed by atoms with Crippen LogP contribution in [0.15, 0.2) is 24.3 Å². The lowest BCUT2D eigenvalue weighted by molar-refractivity contribution is -0.123. The first-order valence-electron chi connectivity index (χ1n) is 9.38. The number of hydrogen-bond donors (Lipinski definition) is 1. The zero-order valence-electron chi connectivity index (χ0n) is 16.2. The van der Waals surface area contributed by atoms with Crippen LogP contribution >= 0.6 is 22.9 Å². The average molecular weight is 422 g/mol. The number of amides is 1. The Labute approximate surface area is 174 Å². The van der Waals surface area contributed by atoms with Gasteiger partial charge in [-0.2, -0.15) is 0 Å². The van der Waals surface area contributed by atoms with E-state index in [0.717, 1.165) is 19.3 Å². The van der Waals surface area contributed by atoms with Gasteiger partial charge in [-0.05, 0) is 61.9 Å². The number of rotatable bonds is 6. The maximum Gasteiger partial charge on any atom is 0.349 e. The van der Waals surface area contributed by atoms with Crippen LogP contribution in [-0.4, -0.2) is 25.1 Å². The molecule has 1 aromatic heterocycles. The molecule has 1 amide bonds. The number of nitrogens with one attached hydrogen (secondary N) is 1. The number of carbonyl (C=O) groups is 2. The van der Waals surface area contributed by atoms with Gasteiger partial charge in [0, 0.05) is 9.90 Å². The lowest BCUT2D eigenvalue weighted by atomic mass is 9.87. The summed E-state index contributed by atoms with van der Waals surface area (Å²) < 4.78 is 10.6. The molecule has 28 heavy (non-hydrogen) atoms. The van der Waals surface area contributed by atoms with Gasteiger partial charge in [0.2, 0.25) is 0 Å². The van der Waals surface area contributed by atoms with Gasteiger partial charge in [0.15, 0.2) is 6.10 Å². The van der Waals surface area contributed by atoms with Crippen molar-refractivity contribution in [3.05, 3.63) is 44.6 Å². The first-order chi connectivity index (χ1) is 13.4. The maximum absolute atomic E-state index is 12.5. The second kappa shape index (κ2) is 8.97. The molecule has 1 N–H and O–H groups in total. The summed E-state index contributed by atoms with van der Waals surface area (Å²) in [6, 6.07) is 6.84. The Bertz CT molecular complexity index is 879. The number of esters is 1. The van der Waals surface area contributed by atoms with Gasteiger partial charge in [0.05, 0.1) is 12.8 Å². The molecular weight excluding hydrogens is 398 g/mol. The number of aryl methyl sites for hydroxylation is 1. The average Bonchev–Trinajstić information content (AvgIpc) is 3.11. The lowest BCUT2D eigenvalue weighted by Crippen LogP contribution is -2.30. The second-order valence-electron chi connectivity index (χ2n) is 6.96. The quantitative estimate of drug-likeness (QED) is 0.658. The van der Waals surface area contributed by atoms with Crippen LogP contribution in [0.5, 0.6) is 5.75 Å². The van der Waals surface area contributed by atoms with E-state index in [1.54, 1.807) is 25.1 Å². The van der Waals surface area contributed by atoms with E-state index >= 15 is 0 Å². The first kappa shape index (κ1) is 20.7. The van der Waals surface area contributed by atoms with Crippen LogP contribution in [-0.2, 0) is 22.4 Å². The molecule has 2 aromatic rings. The van der Waals surface area contributed by atoms with E-state index in [-0.39, 0.29) is 0 Å². The number of benzene rings is 1. The number of carbonyl (C=O) groups excluding carboxylic acids is 2. The minimum Gasteiger partial charge on any atom is -0.495 e. The Balaban J connectivity index is 1.64. The standard InChI is InChI=1S/C21H24ClNO4S/c1-4-13-5-8-18-14(9-13)10-19(28-18)21(25)27-12(2)20(24)23-16-11-15(22)6-7-17(16)26-3/h6-7,10-13H,4-5,8-9H2,1-3H3,(H,23,24)/t12-,13+/m1/s1. The van der Waals surface area contributed by atoms with Crippen molar-refractivity contribution in [3.63, 3.8) is 0 Å². The van der Waals surface area contributed by atoms with Crippen molar-refractivity contribution in [3.8, 4) is 5.75 Å². The van der Waals surface area contributed by atoms with Gasteiger partial charge in [-0.25, -0.2) is 4.79 Å². The third kappa shape index (κ3) is 4.67. The normalized spacial score (nSPS) is 16.8. The van der Waals surface area contributed by atoms with E-state index in [1.807, 2.05) is 6.07 Å². The third-order valence-electron chi connectivity index (χ3n) is 5.04. The highest BCUT2D eigenvalue weighted by Gasteiger charge is 2.25. The van der Waals surface area contributed by atoms with Crippen molar-refractivity contribution in [2.24, 2.45) is 5.92 Å². The van der Waals surface area contributed by atoms with Gasteiger partial charge >= 0.3 is 5.97 Å². The third-order valence-corrected chi connectivity index (χ3v) is 6.49. The Morgan fingerprint density at radius 3 is 2.86 bits per heavy atom. The van der Waals surface area contributed by atoms with Crippen LogP contribution in [0.4, 0.5) is 5.69 Å². The van der Waals surface area contributed by atoms with E-state index in [9.17, 15) is 9.59 Å². The van der Waals surface area contributed by atoms with Crippen molar-refractivity contribution in [2.45, 2.75) is 45.6 Å². The van der Waals surface area contributed by atoms with Gasteiger partial charge in [-0.15, -0.1) is 11.3 Å². The summed E-state index contributed by atoms with van der Waals surface area (Å²) >= 11 is 7.46. The van der Waals surface area contributed by atoms with Gasteiger partial charge in [-0.3, -0.25) is 4.79 Å². The van der Waals surface area contributed by atoms with Crippen LogP contribution in [0, 0.1) is 5.92 Å². The smallest absolute Gasteiger partial charge is 0.349 e. The largest absolute Gasteiger partial charge is 0.495 e. The molecule has 0 aliphatic heterocycles. The Morgan fingerprint density at radius 1 is 1.36 bits per heavy atom. The number of thiophene rings is 1. The van der Waals surface area contributed by atoms with Crippen LogP contribution in [0.3, 0.4) is 0 Å². The predicted octanol–water partition coefficient (Wildman–Crippen LogP) is 5.11. The van der Waals surface area contributed by atoms with E-state index in [0.29, 0.717) is 27.3 Å². The van der Waals surface area contributed by atoms with E-state index in [1.165, 1.54) is 35.3 Å². The number of ether oxygens (including phenoxy) is 2. The van der Waals surface area contributed by atoms with Crippen molar-refractivity contribution < 1.29 is 19.1 Å². The SMILES string of the molecule is CC[C@H]1CCc2sc(C(=O)O[C@H](C)C(=O)Nc3cc(Cl)ccc3OC)cc2C1. The summed E-state index contributed by atoms with van der Waals surface area (Å²) in [6.07, 6.45) is 3.40. The van der Waals surface area contributed by atoms with Crippen molar-refractivity contribution in [2.75, 3.05) is 12.4 Å². The lowest BCUT2D eigenvalue weighted by Gasteiger charge is -2.19. The highest BCUT2D eigenvalue weighted by atomic mass is 35.5. The minimum absolute atomic E-state index is 0.431. The van der Waals surface area contributed by atoms with Crippen LogP contribution in [0.1, 0.15) is 46.8 Å². The summed E-state index contributed by atoms with van der Waals surface area (Å²) in [5, 5.41) is 3.17. The Hall–Kier alpha value is -2.05. The molecule has 2 atom stereocenters. The summed E-state index contributed by atoms with van der Waals surface area (Å²) in [5.41, 5.74) is 1.68. The zero-order chi connectivity index (χ0) is 20.3. The number of hydrogen-bond acceptors (Lipinski definition) is 5. The van der Waals surface area contributed by atoms with Crippen LogP contribution < -0.4 is 10.1 Å². The fraction of sp³-hybridized carbons (Fsp3) is 0.429. The molecule has 1 aliphatic rings. The van der Waals surface area contributed by atoms with Crippen LogP contribution in [0.2, 0.25) is 5.02 Å². The molecule has 0 saturated carbocycles. The van der Waals surface area contributed by atoms with E-state index < -0.39 is 18.0 Å². The molecule has 0 unspecified atom stereocenters. The van der Waals surface area contributed by atoms with Gasteiger partial charge in [0.1, 0.15) is 10.6 Å². The van der Waals surface area contributed by atoms with Crippen molar-refractivity contribution >= 4 is 40.5 Å². The molecule has 0 spiro atoms.